The van der Waals surface area contributed by atoms with Gasteiger partial charge in [0.15, 0.2) is 0 Å². The molecule has 0 radical (unpaired) electrons. The average molecular weight is 278 g/mol. The third-order valence-corrected chi connectivity index (χ3v) is 3.62. The van der Waals surface area contributed by atoms with Gasteiger partial charge in [-0.2, -0.15) is 0 Å². The number of rotatable bonds is 5. The molecule has 1 fully saturated rings. The normalized spacial score (nSPS) is 19.7. The minimum absolute atomic E-state index is 0.0590. The van der Waals surface area contributed by atoms with Gasteiger partial charge in [0, 0.05) is 19.1 Å². The molecule has 110 valence electrons. The summed E-state index contributed by atoms with van der Waals surface area (Å²) < 4.78 is 13.1. The van der Waals surface area contributed by atoms with E-state index < -0.39 is 0 Å². The Balaban J connectivity index is 1.90. The monoisotopic (exact) mass is 278 g/mol. The van der Waals surface area contributed by atoms with Crippen LogP contribution >= 0.6 is 0 Å². The molecule has 1 atom stereocenters. The fourth-order valence-corrected chi connectivity index (χ4v) is 2.68. The zero-order valence-electron chi connectivity index (χ0n) is 12.2. The van der Waals surface area contributed by atoms with Crippen LogP contribution in [0.4, 0.5) is 4.39 Å². The number of likely N-dealkylation sites (tertiary alicyclic amines) is 1. The molecule has 1 aromatic carbocycles. The molecule has 0 saturated carbocycles. The Morgan fingerprint density at radius 2 is 2.25 bits per heavy atom. The maximum atomic E-state index is 13.1. The number of nitrogens with zero attached hydrogens (tertiary/aromatic N) is 1. The molecule has 0 bridgehead atoms. The number of halogens is 1. The molecule has 1 N–H and O–H groups in total. The van der Waals surface area contributed by atoms with E-state index in [-0.39, 0.29) is 17.8 Å². The number of piperidine rings is 1. The van der Waals surface area contributed by atoms with Gasteiger partial charge in [-0.25, -0.2) is 4.39 Å². The van der Waals surface area contributed by atoms with E-state index in [1.54, 1.807) is 6.07 Å². The average Bonchev–Trinajstić information content (AvgIpc) is 2.39. The SMILES string of the molecule is CC(C)NC1CCCN(CCc2cccc(F)c2)C1=O. The van der Waals surface area contributed by atoms with Gasteiger partial charge in [-0.3, -0.25) is 4.79 Å². The highest BCUT2D eigenvalue weighted by Crippen LogP contribution is 2.14. The van der Waals surface area contributed by atoms with Gasteiger partial charge in [0.25, 0.3) is 0 Å². The van der Waals surface area contributed by atoms with Gasteiger partial charge in [-0.15, -0.1) is 0 Å². The summed E-state index contributed by atoms with van der Waals surface area (Å²) in [6.07, 6.45) is 2.64. The van der Waals surface area contributed by atoms with Gasteiger partial charge in [0.2, 0.25) is 5.91 Å². The first-order chi connectivity index (χ1) is 9.56. The van der Waals surface area contributed by atoms with Crippen molar-refractivity contribution in [2.45, 2.75) is 45.2 Å². The van der Waals surface area contributed by atoms with E-state index in [4.69, 9.17) is 0 Å². The summed E-state index contributed by atoms with van der Waals surface area (Å²) in [6, 6.07) is 6.85. The summed E-state index contributed by atoms with van der Waals surface area (Å²) in [5.74, 6) is -0.0341. The van der Waals surface area contributed by atoms with E-state index in [2.05, 4.69) is 19.2 Å². The van der Waals surface area contributed by atoms with Crippen LogP contribution in [0.1, 0.15) is 32.3 Å². The number of hydrogen-bond donors (Lipinski definition) is 1. The molecule has 0 aromatic heterocycles. The molecule has 1 aliphatic heterocycles. The van der Waals surface area contributed by atoms with E-state index in [1.807, 2.05) is 11.0 Å². The highest BCUT2D eigenvalue weighted by molar-refractivity contribution is 5.82. The van der Waals surface area contributed by atoms with Crippen LogP contribution < -0.4 is 5.32 Å². The second kappa shape index (κ2) is 6.84. The zero-order chi connectivity index (χ0) is 14.5. The van der Waals surface area contributed by atoms with E-state index in [0.29, 0.717) is 19.0 Å². The molecule has 1 heterocycles. The first-order valence-electron chi connectivity index (χ1n) is 7.35. The lowest BCUT2D eigenvalue weighted by atomic mass is 10.0. The molecule has 20 heavy (non-hydrogen) atoms. The molecule has 1 saturated heterocycles. The molecule has 0 aliphatic carbocycles. The fraction of sp³-hybridized carbons (Fsp3) is 0.562. The van der Waals surface area contributed by atoms with Gasteiger partial charge >= 0.3 is 0 Å². The van der Waals surface area contributed by atoms with Crippen molar-refractivity contribution in [1.82, 2.24) is 10.2 Å². The van der Waals surface area contributed by atoms with Crippen molar-refractivity contribution >= 4 is 5.91 Å². The molecule has 2 rings (SSSR count). The maximum Gasteiger partial charge on any atom is 0.239 e. The minimum Gasteiger partial charge on any atom is -0.341 e. The third kappa shape index (κ3) is 4.04. The Labute approximate surface area is 120 Å². The highest BCUT2D eigenvalue weighted by Gasteiger charge is 2.28. The van der Waals surface area contributed by atoms with Crippen LogP contribution in [0.2, 0.25) is 0 Å². The smallest absolute Gasteiger partial charge is 0.239 e. The number of benzene rings is 1. The molecule has 0 spiro atoms. The summed E-state index contributed by atoms with van der Waals surface area (Å²) in [6.45, 7) is 5.58. The molecule has 1 amide bonds. The lowest BCUT2D eigenvalue weighted by Crippen LogP contribution is -2.52. The predicted molar refractivity (Wildman–Crippen MR) is 78.0 cm³/mol. The van der Waals surface area contributed by atoms with Crippen molar-refractivity contribution in [1.29, 1.82) is 0 Å². The van der Waals surface area contributed by atoms with Crippen molar-refractivity contribution in [3.8, 4) is 0 Å². The Morgan fingerprint density at radius 1 is 1.45 bits per heavy atom. The second-order valence-electron chi connectivity index (χ2n) is 5.72. The summed E-state index contributed by atoms with van der Waals surface area (Å²) in [5.41, 5.74) is 0.941. The first-order valence-corrected chi connectivity index (χ1v) is 7.35. The van der Waals surface area contributed by atoms with Crippen LogP contribution in [0.25, 0.3) is 0 Å². The van der Waals surface area contributed by atoms with Crippen molar-refractivity contribution in [2.75, 3.05) is 13.1 Å². The standard InChI is InChI=1S/C16H23FN2O/c1-12(2)18-15-7-4-9-19(16(15)20)10-8-13-5-3-6-14(17)11-13/h3,5-6,11-12,15,18H,4,7-10H2,1-2H3. The first kappa shape index (κ1) is 15.0. The molecule has 1 aliphatic rings. The van der Waals surface area contributed by atoms with Crippen molar-refractivity contribution < 1.29 is 9.18 Å². The van der Waals surface area contributed by atoms with Crippen LogP contribution in [0, 0.1) is 5.82 Å². The lowest BCUT2D eigenvalue weighted by Gasteiger charge is -2.33. The molecule has 4 heteroatoms. The van der Waals surface area contributed by atoms with Crippen LogP contribution in [0.5, 0.6) is 0 Å². The fourth-order valence-electron chi connectivity index (χ4n) is 2.68. The van der Waals surface area contributed by atoms with Crippen molar-refractivity contribution in [2.24, 2.45) is 0 Å². The van der Waals surface area contributed by atoms with Crippen LogP contribution in [-0.2, 0) is 11.2 Å². The molecule has 3 nitrogen and oxygen atoms in total. The maximum absolute atomic E-state index is 13.1. The van der Waals surface area contributed by atoms with E-state index in [1.165, 1.54) is 12.1 Å². The van der Waals surface area contributed by atoms with Crippen LogP contribution in [0.15, 0.2) is 24.3 Å². The van der Waals surface area contributed by atoms with Gasteiger partial charge in [0.05, 0.1) is 6.04 Å². The van der Waals surface area contributed by atoms with Gasteiger partial charge in [-0.1, -0.05) is 26.0 Å². The van der Waals surface area contributed by atoms with Gasteiger partial charge < -0.3 is 10.2 Å². The lowest BCUT2D eigenvalue weighted by molar-refractivity contribution is -0.136. The number of nitrogens with one attached hydrogen (secondary N) is 1. The van der Waals surface area contributed by atoms with Crippen molar-refractivity contribution in [3.05, 3.63) is 35.6 Å². The topological polar surface area (TPSA) is 32.3 Å². The van der Waals surface area contributed by atoms with Gasteiger partial charge in [-0.05, 0) is 37.0 Å². The predicted octanol–water partition coefficient (Wildman–Crippen LogP) is 2.36. The van der Waals surface area contributed by atoms with E-state index in [0.717, 1.165) is 24.9 Å². The molecule has 1 aromatic rings. The Morgan fingerprint density at radius 3 is 2.95 bits per heavy atom. The van der Waals surface area contributed by atoms with Crippen LogP contribution in [0.3, 0.4) is 0 Å². The molecular weight excluding hydrogens is 255 g/mol. The summed E-state index contributed by atoms with van der Waals surface area (Å²) in [5, 5.41) is 3.32. The quantitative estimate of drug-likeness (QED) is 0.896. The largest absolute Gasteiger partial charge is 0.341 e. The number of hydrogen-bond acceptors (Lipinski definition) is 2. The molecule has 1 unspecified atom stereocenters. The van der Waals surface area contributed by atoms with Crippen molar-refractivity contribution in [3.63, 3.8) is 0 Å². The number of carbonyl (C=O) groups excluding carboxylic acids is 1. The van der Waals surface area contributed by atoms with Crippen LogP contribution in [-0.4, -0.2) is 36.0 Å². The summed E-state index contributed by atoms with van der Waals surface area (Å²) >= 11 is 0. The number of amides is 1. The Kier molecular flexibility index (Phi) is 5.12. The summed E-state index contributed by atoms with van der Waals surface area (Å²) in [4.78, 5) is 14.2. The second-order valence-corrected chi connectivity index (χ2v) is 5.72. The highest BCUT2D eigenvalue weighted by atomic mass is 19.1. The van der Waals surface area contributed by atoms with Gasteiger partial charge in [0.1, 0.15) is 5.82 Å². The minimum atomic E-state index is -0.216. The number of carbonyl (C=O) groups is 1. The Hall–Kier alpha value is -1.42. The zero-order valence-corrected chi connectivity index (χ0v) is 12.2. The van der Waals surface area contributed by atoms with E-state index >= 15 is 0 Å². The third-order valence-electron chi connectivity index (χ3n) is 3.62. The Bertz CT molecular complexity index is 462. The molecular formula is C16H23FN2O. The van der Waals surface area contributed by atoms with E-state index in [9.17, 15) is 9.18 Å². The summed E-state index contributed by atoms with van der Waals surface area (Å²) in [7, 11) is 0.